The van der Waals surface area contributed by atoms with Crippen LogP contribution in [0.3, 0.4) is 0 Å². The number of aliphatic hydroxyl groups excluding tert-OH is 1. The number of aromatic amines is 2. The molecule has 0 unspecified atom stereocenters. The molecule has 6 heteroatoms. The van der Waals surface area contributed by atoms with Crippen molar-refractivity contribution in [1.82, 2.24) is 14.8 Å². The largest absolute Gasteiger partial charge is 0.395 e. The highest BCUT2D eigenvalue weighted by molar-refractivity contribution is 5.48. The predicted molar refractivity (Wildman–Crippen MR) is 75.0 cm³/mol. The van der Waals surface area contributed by atoms with Crippen LogP contribution in [0.15, 0.2) is 27.8 Å². The number of hydrogen-bond donors (Lipinski definition) is 3. The minimum atomic E-state index is -0.496. The number of hydrogen-bond acceptors (Lipinski definition) is 3. The van der Waals surface area contributed by atoms with E-state index in [1.807, 2.05) is 13.0 Å². The molecule has 0 bridgehead atoms. The van der Waals surface area contributed by atoms with Crippen molar-refractivity contribution in [3.63, 3.8) is 0 Å². The summed E-state index contributed by atoms with van der Waals surface area (Å²) < 4.78 is 1.06. The highest BCUT2D eigenvalue weighted by atomic mass is 16.2. The monoisotopic (exact) mass is 273 g/mol. The van der Waals surface area contributed by atoms with E-state index >= 15 is 0 Å². The van der Waals surface area contributed by atoms with Crippen molar-refractivity contribution >= 4 is 0 Å². The molecule has 0 amide bonds. The molecule has 0 aliphatic heterocycles. The zero-order chi connectivity index (χ0) is 14.5. The molecule has 6 nitrogen and oxygen atoms in total. The molecule has 2 aromatic rings. The SMILES string of the molecule is CCc1cc(C#CCCO)ccc1-n1c(=O)[nH][nH]c1=O. The predicted octanol–water partition coefficient (Wildman–Crippen LogP) is 0.150. The van der Waals surface area contributed by atoms with Crippen LogP contribution in [0, 0.1) is 11.8 Å². The van der Waals surface area contributed by atoms with Crippen LogP contribution in [0.1, 0.15) is 24.5 Å². The minimum absolute atomic E-state index is 0.0276. The lowest BCUT2D eigenvalue weighted by molar-refractivity contribution is 0.305. The van der Waals surface area contributed by atoms with E-state index < -0.39 is 11.4 Å². The Labute approximate surface area is 115 Å². The average Bonchev–Trinajstić information content (AvgIpc) is 2.78. The third kappa shape index (κ3) is 2.73. The van der Waals surface area contributed by atoms with Gasteiger partial charge in [-0.2, -0.15) is 0 Å². The molecule has 3 N–H and O–H groups in total. The number of H-pyrrole nitrogens is 2. The van der Waals surface area contributed by atoms with Crippen LogP contribution in [-0.4, -0.2) is 26.5 Å². The van der Waals surface area contributed by atoms with Crippen molar-refractivity contribution in [2.75, 3.05) is 6.61 Å². The lowest BCUT2D eigenvalue weighted by Crippen LogP contribution is -2.25. The third-order valence-corrected chi connectivity index (χ3v) is 2.85. The molecule has 0 spiro atoms. The van der Waals surface area contributed by atoms with Gasteiger partial charge in [0.25, 0.3) is 0 Å². The Morgan fingerprint density at radius 3 is 2.55 bits per heavy atom. The molecule has 0 fully saturated rings. The van der Waals surface area contributed by atoms with E-state index in [2.05, 4.69) is 22.0 Å². The number of benzene rings is 1. The van der Waals surface area contributed by atoms with E-state index in [0.717, 1.165) is 15.7 Å². The molecule has 0 saturated carbocycles. The highest BCUT2D eigenvalue weighted by Gasteiger charge is 2.10. The van der Waals surface area contributed by atoms with E-state index in [0.29, 0.717) is 18.5 Å². The Morgan fingerprint density at radius 1 is 1.25 bits per heavy atom. The summed E-state index contributed by atoms with van der Waals surface area (Å²) in [5.74, 6) is 5.77. The van der Waals surface area contributed by atoms with E-state index in [1.165, 1.54) is 0 Å². The lowest BCUT2D eigenvalue weighted by Gasteiger charge is -2.07. The summed E-state index contributed by atoms with van der Waals surface area (Å²) >= 11 is 0. The van der Waals surface area contributed by atoms with Crippen molar-refractivity contribution in [3.8, 4) is 17.5 Å². The van der Waals surface area contributed by atoms with Gasteiger partial charge < -0.3 is 5.11 Å². The number of nitrogens with one attached hydrogen (secondary N) is 2. The fourth-order valence-electron chi connectivity index (χ4n) is 1.91. The number of aromatic nitrogens is 3. The number of nitrogens with zero attached hydrogens (tertiary/aromatic N) is 1. The van der Waals surface area contributed by atoms with Crippen LogP contribution in [0.2, 0.25) is 0 Å². The summed E-state index contributed by atoms with van der Waals surface area (Å²) in [5.41, 5.74) is 1.20. The van der Waals surface area contributed by atoms with Crippen molar-refractivity contribution < 1.29 is 5.11 Å². The van der Waals surface area contributed by atoms with Crippen LogP contribution in [0.4, 0.5) is 0 Å². The first-order valence-electron chi connectivity index (χ1n) is 6.30. The summed E-state index contributed by atoms with van der Waals surface area (Å²) in [7, 11) is 0. The first-order chi connectivity index (χ1) is 9.67. The van der Waals surface area contributed by atoms with E-state index in [4.69, 9.17) is 5.11 Å². The smallest absolute Gasteiger partial charge is 0.348 e. The van der Waals surface area contributed by atoms with Crippen molar-refractivity contribution in [2.24, 2.45) is 0 Å². The van der Waals surface area contributed by atoms with Gasteiger partial charge >= 0.3 is 11.4 Å². The van der Waals surface area contributed by atoms with Gasteiger partial charge in [-0.3, -0.25) is 0 Å². The molecule has 104 valence electrons. The van der Waals surface area contributed by atoms with Gasteiger partial charge in [0.15, 0.2) is 0 Å². The average molecular weight is 273 g/mol. The van der Waals surface area contributed by atoms with Gasteiger partial charge in [0.05, 0.1) is 12.3 Å². The maximum Gasteiger partial charge on any atom is 0.348 e. The Bertz CT molecular complexity index is 744. The number of rotatable bonds is 3. The molecule has 2 rings (SSSR count). The number of aryl methyl sites for hydroxylation is 1. The van der Waals surface area contributed by atoms with Crippen LogP contribution in [0.5, 0.6) is 0 Å². The van der Waals surface area contributed by atoms with Crippen molar-refractivity contribution in [1.29, 1.82) is 0 Å². The molecule has 0 aliphatic carbocycles. The van der Waals surface area contributed by atoms with Gasteiger partial charge in [0.2, 0.25) is 0 Å². The molecular weight excluding hydrogens is 258 g/mol. The Hall–Kier alpha value is -2.52. The lowest BCUT2D eigenvalue weighted by atomic mass is 10.1. The molecule has 1 heterocycles. The fraction of sp³-hybridized carbons (Fsp3) is 0.286. The van der Waals surface area contributed by atoms with E-state index in [1.54, 1.807) is 12.1 Å². The summed E-state index contributed by atoms with van der Waals surface area (Å²) in [6.07, 6.45) is 1.09. The second kappa shape index (κ2) is 6.08. The first kappa shape index (κ1) is 13.9. The summed E-state index contributed by atoms with van der Waals surface area (Å²) in [6, 6.07) is 5.29. The zero-order valence-corrected chi connectivity index (χ0v) is 11.1. The second-order valence-corrected chi connectivity index (χ2v) is 4.17. The molecule has 0 saturated heterocycles. The molecule has 1 aromatic carbocycles. The molecule has 0 aliphatic rings. The maximum atomic E-state index is 11.6. The molecule has 1 aromatic heterocycles. The highest BCUT2D eigenvalue weighted by Crippen LogP contribution is 2.14. The normalized spacial score (nSPS) is 10.1. The second-order valence-electron chi connectivity index (χ2n) is 4.17. The van der Waals surface area contributed by atoms with Gasteiger partial charge in [0.1, 0.15) is 0 Å². The van der Waals surface area contributed by atoms with Crippen LogP contribution in [-0.2, 0) is 6.42 Å². The summed E-state index contributed by atoms with van der Waals surface area (Å²) in [6.45, 7) is 1.97. The topological polar surface area (TPSA) is 90.9 Å². The minimum Gasteiger partial charge on any atom is -0.395 e. The Morgan fingerprint density at radius 2 is 1.95 bits per heavy atom. The van der Waals surface area contributed by atoms with E-state index in [9.17, 15) is 9.59 Å². The fourth-order valence-corrected chi connectivity index (χ4v) is 1.91. The summed E-state index contributed by atoms with van der Waals surface area (Å²) in [5, 5.41) is 13.2. The molecule has 0 atom stereocenters. The standard InChI is InChI=1S/C14H15N3O3/c1-2-11-9-10(5-3-4-8-18)6-7-12(11)17-13(19)15-16-14(17)20/h6-7,9,18H,2,4,8H2,1H3,(H,15,19)(H,16,20). The molecule has 20 heavy (non-hydrogen) atoms. The Kier molecular flexibility index (Phi) is 4.23. The zero-order valence-electron chi connectivity index (χ0n) is 11.1. The maximum absolute atomic E-state index is 11.6. The van der Waals surface area contributed by atoms with Crippen LogP contribution < -0.4 is 11.4 Å². The van der Waals surface area contributed by atoms with Gasteiger partial charge in [-0.1, -0.05) is 18.8 Å². The quantitative estimate of drug-likeness (QED) is 0.695. The van der Waals surface area contributed by atoms with Gasteiger partial charge in [0, 0.05) is 12.0 Å². The molecule has 0 radical (unpaired) electrons. The van der Waals surface area contributed by atoms with Crippen molar-refractivity contribution in [2.45, 2.75) is 19.8 Å². The summed E-state index contributed by atoms with van der Waals surface area (Å²) in [4.78, 5) is 23.2. The van der Waals surface area contributed by atoms with Crippen LogP contribution in [0.25, 0.3) is 5.69 Å². The van der Waals surface area contributed by atoms with Gasteiger partial charge in [-0.05, 0) is 30.2 Å². The first-order valence-corrected chi connectivity index (χ1v) is 6.30. The van der Waals surface area contributed by atoms with Gasteiger partial charge in [-0.15, -0.1) is 0 Å². The Balaban J connectivity index is 2.50. The molecular formula is C14H15N3O3. The third-order valence-electron chi connectivity index (χ3n) is 2.85. The van der Waals surface area contributed by atoms with Crippen LogP contribution >= 0.6 is 0 Å². The van der Waals surface area contributed by atoms with Gasteiger partial charge in [-0.25, -0.2) is 24.4 Å². The number of aliphatic hydroxyl groups is 1. The van der Waals surface area contributed by atoms with Crippen molar-refractivity contribution in [3.05, 3.63) is 50.3 Å². The van der Waals surface area contributed by atoms with E-state index in [-0.39, 0.29) is 6.61 Å².